The van der Waals surface area contributed by atoms with Gasteiger partial charge in [-0.05, 0) is 12.1 Å². The van der Waals surface area contributed by atoms with Gasteiger partial charge < -0.3 is 5.32 Å². The number of nitrogens with one attached hydrogen (secondary N) is 1. The molecule has 0 aliphatic carbocycles. The van der Waals surface area contributed by atoms with E-state index in [-0.39, 0.29) is 4.88 Å². The maximum absolute atomic E-state index is 12.3. The van der Waals surface area contributed by atoms with Gasteiger partial charge in [0.2, 0.25) is 0 Å². The average molecular weight is 272 g/mol. The molecule has 3 nitrogen and oxygen atoms in total. The van der Waals surface area contributed by atoms with Gasteiger partial charge in [0.15, 0.2) is 5.01 Å². The van der Waals surface area contributed by atoms with Crippen molar-refractivity contribution in [2.75, 3.05) is 5.32 Å². The Morgan fingerprint density at radius 2 is 1.89 bits per heavy atom. The number of benzene rings is 1. The summed E-state index contributed by atoms with van der Waals surface area (Å²) >= 11 is 0.319. The number of carbonyl (C=O) groups is 1. The highest BCUT2D eigenvalue weighted by Crippen LogP contribution is 2.32. The zero-order chi connectivity index (χ0) is 13.2. The lowest BCUT2D eigenvalue weighted by atomic mass is 10.3. The molecule has 1 aromatic heterocycles. The molecule has 0 atom stereocenters. The number of halogens is 3. The molecule has 2 rings (SSSR count). The molecule has 0 unspecified atom stereocenters. The predicted molar refractivity (Wildman–Crippen MR) is 61.5 cm³/mol. The Morgan fingerprint density at radius 3 is 2.44 bits per heavy atom. The molecular formula is C11H7F3N2OS. The molecule has 1 amide bonds. The van der Waals surface area contributed by atoms with Crippen molar-refractivity contribution in [3.8, 4) is 0 Å². The van der Waals surface area contributed by atoms with Crippen LogP contribution in [0, 0.1) is 0 Å². The number of aromatic nitrogens is 1. The van der Waals surface area contributed by atoms with Gasteiger partial charge in [0.25, 0.3) is 5.91 Å². The molecule has 94 valence electrons. The van der Waals surface area contributed by atoms with E-state index in [0.29, 0.717) is 17.0 Å². The zero-order valence-corrected chi connectivity index (χ0v) is 9.68. The van der Waals surface area contributed by atoms with Crippen LogP contribution in [0.1, 0.15) is 14.7 Å². The van der Waals surface area contributed by atoms with Gasteiger partial charge in [0, 0.05) is 5.69 Å². The molecule has 1 aromatic carbocycles. The second-order valence-corrected chi connectivity index (χ2v) is 4.38. The standard InChI is InChI=1S/C11H7F3N2OS/c12-11(13,14)10-15-6-8(18-10)9(17)16-7-4-2-1-3-5-7/h1-6H,(H,16,17). The molecule has 0 saturated heterocycles. The second kappa shape index (κ2) is 4.77. The first-order valence-corrected chi connectivity index (χ1v) is 5.68. The van der Waals surface area contributed by atoms with Crippen LogP contribution in [0.25, 0.3) is 0 Å². The number of rotatable bonds is 2. The number of carbonyl (C=O) groups excluding carboxylic acids is 1. The summed E-state index contributed by atoms with van der Waals surface area (Å²) in [4.78, 5) is 14.8. The zero-order valence-electron chi connectivity index (χ0n) is 8.86. The molecule has 0 aliphatic heterocycles. The molecule has 7 heteroatoms. The number of amides is 1. The Balaban J connectivity index is 2.13. The van der Waals surface area contributed by atoms with Gasteiger partial charge in [0.1, 0.15) is 4.88 Å². The SMILES string of the molecule is O=C(Nc1ccccc1)c1cnc(C(F)(F)F)s1. The number of alkyl halides is 3. The van der Waals surface area contributed by atoms with Crippen molar-refractivity contribution in [1.82, 2.24) is 4.98 Å². The third-order valence-electron chi connectivity index (χ3n) is 2.00. The summed E-state index contributed by atoms with van der Waals surface area (Å²) in [6, 6.07) is 8.48. The number of nitrogens with zero attached hydrogens (tertiary/aromatic N) is 1. The van der Waals surface area contributed by atoms with E-state index in [9.17, 15) is 18.0 Å². The average Bonchev–Trinajstić information content (AvgIpc) is 2.79. The Labute approximate surface area is 104 Å². The van der Waals surface area contributed by atoms with E-state index < -0.39 is 17.1 Å². The van der Waals surface area contributed by atoms with Crippen molar-refractivity contribution < 1.29 is 18.0 Å². The molecule has 0 fully saturated rings. The minimum absolute atomic E-state index is 0.0776. The first kappa shape index (κ1) is 12.6. The van der Waals surface area contributed by atoms with E-state index in [1.54, 1.807) is 30.3 Å². The van der Waals surface area contributed by atoms with Crippen LogP contribution in [0.2, 0.25) is 0 Å². The summed E-state index contributed by atoms with van der Waals surface area (Å²) in [5.41, 5.74) is 0.518. The van der Waals surface area contributed by atoms with Crippen LogP contribution in [0.15, 0.2) is 36.5 Å². The molecular weight excluding hydrogens is 265 g/mol. The summed E-state index contributed by atoms with van der Waals surface area (Å²) in [5.74, 6) is -0.603. The molecule has 0 radical (unpaired) electrons. The van der Waals surface area contributed by atoms with E-state index in [2.05, 4.69) is 10.3 Å². The maximum atomic E-state index is 12.3. The lowest BCUT2D eigenvalue weighted by Gasteiger charge is -2.02. The van der Waals surface area contributed by atoms with Crippen LogP contribution < -0.4 is 5.32 Å². The van der Waals surface area contributed by atoms with Crippen LogP contribution in [0.4, 0.5) is 18.9 Å². The quantitative estimate of drug-likeness (QED) is 0.910. The first-order valence-electron chi connectivity index (χ1n) is 4.86. The number of thiazole rings is 1. The summed E-state index contributed by atoms with van der Waals surface area (Å²) in [7, 11) is 0. The highest BCUT2D eigenvalue weighted by atomic mass is 32.1. The molecule has 0 spiro atoms. The molecule has 1 N–H and O–H groups in total. The van der Waals surface area contributed by atoms with Crippen LogP contribution >= 0.6 is 11.3 Å². The second-order valence-electron chi connectivity index (χ2n) is 3.35. The van der Waals surface area contributed by atoms with Crippen LogP contribution in [0.5, 0.6) is 0 Å². The minimum atomic E-state index is -4.52. The Kier molecular flexibility index (Phi) is 3.33. The third kappa shape index (κ3) is 2.86. The molecule has 18 heavy (non-hydrogen) atoms. The van der Waals surface area contributed by atoms with E-state index in [1.165, 1.54) is 0 Å². The normalized spacial score (nSPS) is 11.3. The fourth-order valence-electron chi connectivity index (χ4n) is 1.22. The number of hydrogen-bond acceptors (Lipinski definition) is 3. The van der Waals surface area contributed by atoms with E-state index in [0.717, 1.165) is 6.20 Å². The highest BCUT2D eigenvalue weighted by Gasteiger charge is 2.35. The van der Waals surface area contributed by atoms with Crippen LogP contribution in [-0.2, 0) is 6.18 Å². The highest BCUT2D eigenvalue weighted by molar-refractivity contribution is 7.13. The van der Waals surface area contributed by atoms with Crippen molar-refractivity contribution in [3.63, 3.8) is 0 Å². The minimum Gasteiger partial charge on any atom is -0.321 e. The lowest BCUT2D eigenvalue weighted by Crippen LogP contribution is -2.09. The van der Waals surface area contributed by atoms with E-state index in [4.69, 9.17) is 0 Å². The summed E-state index contributed by atoms with van der Waals surface area (Å²) in [6.45, 7) is 0. The molecule has 0 bridgehead atoms. The Bertz CT molecular complexity index is 551. The topological polar surface area (TPSA) is 42.0 Å². The molecule has 0 saturated carbocycles. The van der Waals surface area contributed by atoms with Crippen molar-refractivity contribution in [3.05, 3.63) is 46.4 Å². The summed E-state index contributed by atoms with van der Waals surface area (Å²) in [6.07, 6.45) is -3.60. The number of hydrogen-bond donors (Lipinski definition) is 1. The first-order chi connectivity index (χ1) is 8.47. The predicted octanol–water partition coefficient (Wildman–Crippen LogP) is 3.41. The maximum Gasteiger partial charge on any atom is 0.443 e. The van der Waals surface area contributed by atoms with Gasteiger partial charge in [-0.2, -0.15) is 13.2 Å². The lowest BCUT2D eigenvalue weighted by molar-refractivity contribution is -0.137. The summed E-state index contributed by atoms with van der Waals surface area (Å²) in [5, 5.41) is 1.46. The van der Waals surface area contributed by atoms with Crippen molar-refractivity contribution in [2.45, 2.75) is 6.18 Å². The Morgan fingerprint density at radius 1 is 1.22 bits per heavy atom. The van der Waals surface area contributed by atoms with Gasteiger partial charge in [-0.3, -0.25) is 4.79 Å². The Hall–Kier alpha value is -1.89. The van der Waals surface area contributed by atoms with E-state index in [1.807, 2.05) is 0 Å². The van der Waals surface area contributed by atoms with Crippen LogP contribution in [0.3, 0.4) is 0 Å². The number of anilines is 1. The van der Waals surface area contributed by atoms with Gasteiger partial charge >= 0.3 is 6.18 Å². The van der Waals surface area contributed by atoms with Gasteiger partial charge in [0.05, 0.1) is 6.20 Å². The van der Waals surface area contributed by atoms with Gasteiger partial charge in [-0.1, -0.05) is 18.2 Å². The van der Waals surface area contributed by atoms with Crippen molar-refractivity contribution in [2.24, 2.45) is 0 Å². The molecule has 1 heterocycles. The van der Waals surface area contributed by atoms with Crippen molar-refractivity contribution in [1.29, 1.82) is 0 Å². The third-order valence-corrected chi connectivity index (χ3v) is 3.04. The van der Waals surface area contributed by atoms with Crippen molar-refractivity contribution >= 4 is 22.9 Å². The van der Waals surface area contributed by atoms with Gasteiger partial charge in [-0.15, -0.1) is 11.3 Å². The largest absolute Gasteiger partial charge is 0.443 e. The number of para-hydroxylation sites is 1. The fourth-order valence-corrected chi connectivity index (χ4v) is 1.90. The fraction of sp³-hybridized carbons (Fsp3) is 0.0909. The monoisotopic (exact) mass is 272 g/mol. The smallest absolute Gasteiger partial charge is 0.321 e. The summed E-state index contributed by atoms with van der Waals surface area (Å²) < 4.78 is 36.9. The van der Waals surface area contributed by atoms with Crippen LogP contribution in [-0.4, -0.2) is 10.9 Å². The van der Waals surface area contributed by atoms with E-state index >= 15 is 0 Å². The molecule has 0 aliphatic rings. The van der Waals surface area contributed by atoms with Gasteiger partial charge in [-0.25, -0.2) is 4.98 Å². The molecule has 2 aromatic rings.